The average molecular weight is 324 g/mol. The number of ether oxygens (including phenoxy) is 2. The van der Waals surface area contributed by atoms with Crippen molar-refractivity contribution in [2.45, 2.75) is 59.5 Å². The summed E-state index contributed by atoms with van der Waals surface area (Å²) in [5, 5.41) is 5.86. The van der Waals surface area contributed by atoms with E-state index < -0.39 is 28.3 Å². The van der Waals surface area contributed by atoms with Gasteiger partial charge in [0.2, 0.25) is 5.69 Å². The van der Waals surface area contributed by atoms with Gasteiger partial charge in [-0.05, 0) is 40.5 Å². The third-order valence-corrected chi connectivity index (χ3v) is 2.90. The van der Waals surface area contributed by atoms with Crippen LogP contribution in [-0.2, 0) is 11.2 Å². The van der Waals surface area contributed by atoms with Crippen LogP contribution >= 0.6 is 0 Å². The highest BCUT2D eigenvalue weighted by atomic mass is 16.6. The van der Waals surface area contributed by atoms with Crippen LogP contribution in [0.5, 0.6) is 5.75 Å². The van der Waals surface area contributed by atoms with Crippen molar-refractivity contribution in [1.29, 1.82) is 0 Å². The number of nitrogens with one attached hydrogen (secondary N) is 1. The van der Waals surface area contributed by atoms with E-state index in [1.165, 1.54) is 0 Å². The zero-order valence-corrected chi connectivity index (χ0v) is 14.3. The van der Waals surface area contributed by atoms with Crippen LogP contribution in [0.15, 0.2) is 9.59 Å². The van der Waals surface area contributed by atoms with Crippen molar-refractivity contribution in [3.63, 3.8) is 0 Å². The maximum Gasteiger partial charge on any atom is 0.363 e. The second kappa shape index (κ2) is 7.89. The number of esters is 1. The van der Waals surface area contributed by atoms with E-state index in [9.17, 15) is 14.4 Å². The molecule has 1 heterocycles. The quantitative estimate of drug-likeness (QED) is 0.802. The van der Waals surface area contributed by atoms with E-state index in [0.717, 1.165) is 6.42 Å². The number of unbranched alkanes of at least 4 members (excludes halogenated alkanes) is 1. The number of carbonyl (C=O) groups is 1. The molecule has 0 saturated carbocycles. The molecule has 0 radical (unpaired) electrons. The molecule has 0 amide bonds. The first-order valence-electron chi connectivity index (χ1n) is 7.73. The molecule has 0 aromatic carbocycles. The summed E-state index contributed by atoms with van der Waals surface area (Å²) in [5.41, 5.74) is -2.32. The van der Waals surface area contributed by atoms with Gasteiger partial charge >= 0.3 is 5.97 Å². The molecule has 1 N–H and O–H groups in total. The highest BCUT2D eigenvalue weighted by molar-refractivity contribution is 5.87. The zero-order valence-electron chi connectivity index (χ0n) is 14.3. The number of hydrogen-bond acceptors (Lipinski definition) is 6. The Balaban J connectivity index is 3.50. The minimum absolute atomic E-state index is 0.124. The van der Waals surface area contributed by atoms with Crippen molar-refractivity contribution in [2.75, 3.05) is 6.61 Å². The van der Waals surface area contributed by atoms with E-state index in [4.69, 9.17) is 9.47 Å². The summed E-state index contributed by atoms with van der Waals surface area (Å²) in [6, 6.07) is 0. The topological polar surface area (TPSA) is 98.3 Å². The fourth-order valence-electron chi connectivity index (χ4n) is 1.92. The van der Waals surface area contributed by atoms with Crippen molar-refractivity contribution in [1.82, 2.24) is 10.2 Å². The molecule has 0 unspecified atom stereocenters. The SMILES string of the molecule is CCCCc1c(OCC)c(=O)c(C(=O)OC(C)(C)C)n[nH]c1=O. The number of rotatable bonds is 6. The Morgan fingerprint density at radius 1 is 1.22 bits per heavy atom. The Hall–Kier alpha value is -2.18. The number of aromatic amines is 1. The summed E-state index contributed by atoms with van der Waals surface area (Å²) in [6.07, 6.45) is 1.94. The number of aromatic nitrogens is 2. The molecule has 0 aliphatic carbocycles. The summed E-state index contributed by atoms with van der Waals surface area (Å²) in [4.78, 5) is 36.9. The van der Waals surface area contributed by atoms with Gasteiger partial charge in [-0.2, -0.15) is 5.10 Å². The van der Waals surface area contributed by atoms with Gasteiger partial charge < -0.3 is 9.47 Å². The van der Waals surface area contributed by atoms with Gasteiger partial charge in [0.15, 0.2) is 5.75 Å². The molecule has 0 spiro atoms. The predicted molar refractivity (Wildman–Crippen MR) is 86.1 cm³/mol. The summed E-state index contributed by atoms with van der Waals surface area (Å²) in [7, 11) is 0. The monoisotopic (exact) mass is 324 g/mol. The smallest absolute Gasteiger partial charge is 0.363 e. The van der Waals surface area contributed by atoms with E-state index in [0.29, 0.717) is 12.8 Å². The standard InChI is InChI=1S/C16H24N2O5/c1-6-8-9-10-13(22-7-2)12(19)11(17-18-14(10)20)15(21)23-16(3,4)5/h6-9H2,1-5H3,(H,18,20). The molecule has 0 aliphatic heterocycles. The Kier molecular flexibility index (Phi) is 6.48. The first-order valence-corrected chi connectivity index (χ1v) is 7.73. The summed E-state index contributed by atoms with van der Waals surface area (Å²) in [5.74, 6) is -1.02. The number of nitrogens with zero attached hydrogens (tertiary/aromatic N) is 1. The number of hydrogen-bond donors (Lipinski definition) is 1. The zero-order chi connectivity index (χ0) is 17.6. The van der Waals surface area contributed by atoms with Crippen LogP contribution in [0.25, 0.3) is 0 Å². The first-order chi connectivity index (χ1) is 10.7. The molecular formula is C16H24N2O5. The average Bonchev–Trinajstić information content (AvgIpc) is 2.54. The van der Waals surface area contributed by atoms with Crippen molar-refractivity contribution >= 4 is 5.97 Å². The van der Waals surface area contributed by atoms with Gasteiger partial charge in [0.1, 0.15) is 5.60 Å². The van der Waals surface area contributed by atoms with Crippen molar-refractivity contribution in [3.05, 3.63) is 31.8 Å². The molecule has 128 valence electrons. The van der Waals surface area contributed by atoms with Gasteiger partial charge in [-0.3, -0.25) is 9.59 Å². The van der Waals surface area contributed by atoms with Crippen molar-refractivity contribution in [3.8, 4) is 5.75 Å². The van der Waals surface area contributed by atoms with Crippen molar-refractivity contribution < 1.29 is 14.3 Å². The van der Waals surface area contributed by atoms with Crippen molar-refractivity contribution in [2.24, 2.45) is 0 Å². The summed E-state index contributed by atoms with van der Waals surface area (Å²) >= 11 is 0. The Morgan fingerprint density at radius 3 is 2.39 bits per heavy atom. The van der Waals surface area contributed by atoms with Crippen LogP contribution in [0.2, 0.25) is 0 Å². The van der Waals surface area contributed by atoms with Gasteiger partial charge in [-0.1, -0.05) is 13.3 Å². The second-order valence-corrected chi connectivity index (χ2v) is 6.08. The molecule has 1 aromatic heterocycles. The number of H-pyrrole nitrogens is 1. The van der Waals surface area contributed by atoms with Crippen LogP contribution in [0, 0.1) is 0 Å². The molecule has 0 fully saturated rings. The normalized spacial score (nSPS) is 11.2. The largest absolute Gasteiger partial charge is 0.489 e. The fraction of sp³-hybridized carbons (Fsp3) is 0.625. The van der Waals surface area contributed by atoms with E-state index in [1.807, 2.05) is 6.92 Å². The van der Waals surface area contributed by atoms with Gasteiger partial charge in [0.05, 0.1) is 12.2 Å². The van der Waals surface area contributed by atoms with E-state index in [-0.39, 0.29) is 17.9 Å². The third kappa shape index (κ3) is 5.19. The van der Waals surface area contributed by atoms with Crippen LogP contribution in [-0.4, -0.2) is 28.4 Å². The van der Waals surface area contributed by atoms with Crippen LogP contribution in [0.3, 0.4) is 0 Å². The van der Waals surface area contributed by atoms with Gasteiger partial charge in [0, 0.05) is 0 Å². The lowest BCUT2D eigenvalue weighted by Gasteiger charge is -2.18. The Bertz CT molecular complexity index is 674. The summed E-state index contributed by atoms with van der Waals surface area (Å²) in [6.45, 7) is 8.90. The predicted octanol–water partition coefficient (Wildman–Crippen LogP) is 1.83. The Morgan fingerprint density at radius 2 is 1.87 bits per heavy atom. The molecule has 23 heavy (non-hydrogen) atoms. The lowest BCUT2D eigenvalue weighted by atomic mass is 10.1. The number of carbonyl (C=O) groups excluding carboxylic acids is 1. The molecule has 7 heteroatoms. The second-order valence-electron chi connectivity index (χ2n) is 6.08. The van der Waals surface area contributed by atoms with Crippen LogP contribution in [0.1, 0.15) is 63.5 Å². The van der Waals surface area contributed by atoms with Gasteiger partial charge in [0.25, 0.3) is 11.0 Å². The van der Waals surface area contributed by atoms with E-state index in [1.54, 1.807) is 27.7 Å². The lowest BCUT2D eigenvalue weighted by molar-refractivity contribution is 0.00598. The Labute approximate surface area is 135 Å². The molecule has 1 rings (SSSR count). The van der Waals surface area contributed by atoms with Crippen LogP contribution < -0.4 is 15.7 Å². The van der Waals surface area contributed by atoms with E-state index in [2.05, 4.69) is 10.2 Å². The van der Waals surface area contributed by atoms with Crippen LogP contribution in [0.4, 0.5) is 0 Å². The lowest BCUT2D eigenvalue weighted by Crippen LogP contribution is -2.28. The first kappa shape index (κ1) is 18.9. The molecule has 7 nitrogen and oxygen atoms in total. The van der Waals surface area contributed by atoms with Gasteiger partial charge in [-0.15, -0.1) is 0 Å². The van der Waals surface area contributed by atoms with E-state index >= 15 is 0 Å². The highest BCUT2D eigenvalue weighted by Crippen LogP contribution is 2.13. The fourth-order valence-corrected chi connectivity index (χ4v) is 1.92. The molecular weight excluding hydrogens is 300 g/mol. The minimum atomic E-state index is -0.892. The molecule has 0 saturated heterocycles. The molecule has 1 aromatic rings. The van der Waals surface area contributed by atoms with Gasteiger partial charge in [-0.25, -0.2) is 9.89 Å². The minimum Gasteiger partial charge on any atom is -0.489 e. The molecule has 0 aliphatic rings. The maximum atomic E-state index is 12.6. The summed E-state index contributed by atoms with van der Waals surface area (Å²) < 4.78 is 10.5. The third-order valence-electron chi connectivity index (χ3n) is 2.90. The highest BCUT2D eigenvalue weighted by Gasteiger charge is 2.24. The molecule has 0 bridgehead atoms. The molecule has 0 atom stereocenters. The maximum absolute atomic E-state index is 12.6.